The Labute approximate surface area is 110 Å². The molecule has 0 atom stereocenters. The highest BCUT2D eigenvalue weighted by Gasteiger charge is 2.01. The molecule has 16 heavy (non-hydrogen) atoms. The number of nitrogens with one attached hydrogen (secondary N) is 1. The van der Waals surface area contributed by atoms with Gasteiger partial charge in [-0.05, 0) is 44.0 Å². The highest BCUT2D eigenvalue weighted by atomic mass is 79.9. The second-order valence-corrected chi connectivity index (χ2v) is 4.95. The first kappa shape index (κ1) is 11.6. The fourth-order valence-corrected chi connectivity index (χ4v) is 2.39. The van der Waals surface area contributed by atoms with Crippen molar-refractivity contribution in [1.29, 1.82) is 0 Å². The van der Waals surface area contributed by atoms with Crippen LogP contribution in [0.4, 0.5) is 5.82 Å². The number of halogens is 2. The minimum absolute atomic E-state index is 0.787. The summed E-state index contributed by atoms with van der Waals surface area (Å²) in [5, 5.41) is 7.36. The number of aromatic nitrogens is 3. The molecule has 4 nitrogen and oxygen atoms in total. The number of pyridine rings is 1. The van der Waals surface area contributed by atoms with Crippen LogP contribution in [0.25, 0.3) is 0 Å². The molecule has 0 aliphatic rings. The molecule has 0 aliphatic heterocycles. The third kappa shape index (κ3) is 3.05. The van der Waals surface area contributed by atoms with E-state index in [0.29, 0.717) is 0 Å². The summed E-state index contributed by atoms with van der Waals surface area (Å²) >= 11 is 6.81. The summed E-state index contributed by atoms with van der Waals surface area (Å²) in [4.78, 5) is 4.26. The molecular weight excluding hydrogens is 336 g/mol. The second-order valence-electron chi connectivity index (χ2n) is 3.18. The van der Waals surface area contributed by atoms with Gasteiger partial charge in [-0.15, -0.1) is 0 Å². The lowest BCUT2D eigenvalue weighted by atomic mass is 10.4. The van der Waals surface area contributed by atoms with Crippen LogP contribution < -0.4 is 5.32 Å². The summed E-state index contributed by atoms with van der Waals surface area (Å²) in [6.45, 7) is 1.60. The second kappa shape index (κ2) is 5.45. The van der Waals surface area contributed by atoms with Gasteiger partial charge in [-0.25, -0.2) is 4.98 Å². The zero-order valence-corrected chi connectivity index (χ0v) is 11.6. The van der Waals surface area contributed by atoms with E-state index in [-0.39, 0.29) is 0 Å². The van der Waals surface area contributed by atoms with Crippen LogP contribution in [0.3, 0.4) is 0 Å². The molecule has 0 unspecified atom stereocenters. The first-order valence-electron chi connectivity index (χ1n) is 4.78. The van der Waals surface area contributed by atoms with Crippen molar-refractivity contribution in [2.24, 2.45) is 0 Å². The lowest BCUT2D eigenvalue weighted by molar-refractivity contribution is 0.637. The first-order valence-corrected chi connectivity index (χ1v) is 6.36. The Kier molecular flexibility index (Phi) is 3.95. The van der Waals surface area contributed by atoms with Crippen molar-refractivity contribution >= 4 is 37.7 Å². The van der Waals surface area contributed by atoms with E-state index in [1.165, 1.54) is 0 Å². The van der Waals surface area contributed by atoms with Gasteiger partial charge in [-0.2, -0.15) is 5.10 Å². The van der Waals surface area contributed by atoms with E-state index in [4.69, 9.17) is 0 Å². The highest BCUT2D eigenvalue weighted by molar-refractivity contribution is 9.11. The largest absolute Gasteiger partial charge is 0.367 e. The van der Waals surface area contributed by atoms with Gasteiger partial charge in [0.1, 0.15) is 5.82 Å². The number of hydrogen-bond donors (Lipinski definition) is 1. The van der Waals surface area contributed by atoms with Crippen molar-refractivity contribution in [2.45, 2.75) is 6.54 Å². The van der Waals surface area contributed by atoms with Crippen LogP contribution in [0.15, 0.2) is 39.7 Å². The number of rotatable bonds is 4. The predicted molar refractivity (Wildman–Crippen MR) is 70.4 cm³/mol. The van der Waals surface area contributed by atoms with Gasteiger partial charge < -0.3 is 5.32 Å². The normalized spacial score (nSPS) is 10.4. The van der Waals surface area contributed by atoms with E-state index in [1.54, 1.807) is 12.4 Å². The molecule has 0 radical (unpaired) electrons. The maximum atomic E-state index is 4.26. The molecule has 1 N–H and O–H groups in total. The molecule has 2 heterocycles. The summed E-state index contributed by atoms with van der Waals surface area (Å²) in [5.41, 5.74) is 0. The zero-order chi connectivity index (χ0) is 11.4. The van der Waals surface area contributed by atoms with E-state index in [0.717, 1.165) is 27.9 Å². The lowest BCUT2D eigenvalue weighted by Crippen LogP contribution is -2.11. The number of hydrogen-bond acceptors (Lipinski definition) is 3. The molecule has 6 heteroatoms. The number of nitrogens with zero attached hydrogens (tertiary/aromatic N) is 3. The number of anilines is 1. The van der Waals surface area contributed by atoms with Crippen molar-refractivity contribution in [2.75, 3.05) is 11.9 Å². The summed E-state index contributed by atoms with van der Waals surface area (Å²) < 4.78 is 3.78. The zero-order valence-electron chi connectivity index (χ0n) is 8.40. The third-order valence-corrected chi connectivity index (χ3v) is 3.04. The molecule has 84 valence electrons. The Morgan fingerprint density at radius 2 is 2.25 bits per heavy atom. The van der Waals surface area contributed by atoms with Crippen LogP contribution in [-0.4, -0.2) is 21.3 Å². The van der Waals surface area contributed by atoms with Gasteiger partial charge in [0.2, 0.25) is 0 Å². The summed E-state index contributed by atoms with van der Waals surface area (Å²) in [7, 11) is 0. The van der Waals surface area contributed by atoms with Crippen molar-refractivity contribution in [3.63, 3.8) is 0 Å². The quantitative estimate of drug-likeness (QED) is 0.926. The Morgan fingerprint density at radius 1 is 1.38 bits per heavy atom. The average Bonchev–Trinajstić information content (AvgIpc) is 2.74. The van der Waals surface area contributed by atoms with Crippen LogP contribution >= 0.6 is 31.9 Å². The van der Waals surface area contributed by atoms with Gasteiger partial charge in [0.15, 0.2) is 0 Å². The van der Waals surface area contributed by atoms with E-state index in [1.807, 2.05) is 23.0 Å². The van der Waals surface area contributed by atoms with Crippen molar-refractivity contribution in [3.8, 4) is 0 Å². The molecule has 0 aromatic carbocycles. The molecule has 0 amide bonds. The molecule has 0 bridgehead atoms. The standard InChI is InChI=1S/C10H10Br2N4/c11-8-6-9(12)10(14-7-8)13-3-5-16-4-1-2-15-16/h1-2,4,6-7H,3,5H2,(H,13,14). The van der Waals surface area contributed by atoms with Gasteiger partial charge in [0.25, 0.3) is 0 Å². The van der Waals surface area contributed by atoms with Gasteiger partial charge >= 0.3 is 0 Å². The Hall–Kier alpha value is -0.880. The molecule has 2 rings (SSSR count). The van der Waals surface area contributed by atoms with Gasteiger partial charge in [-0.1, -0.05) is 0 Å². The Balaban J connectivity index is 1.90. The smallest absolute Gasteiger partial charge is 0.140 e. The third-order valence-electron chi connectivity index (χ3n) is 2.00. The van der Waals surface area contributed by atoms with Gasteiger partial charge in [0.05, 0.1) is 11.0 Å². The fourth-order valence-electron chi connectivity index (χ4n) is 1.27. The van der Waals surface area contributed by atoms with Crippen molar-refractivity contribution in [1.82, 2.24) is 14.8 Å². The first-order chi connectivity index (χ1) is 7.75. The highest BCUT2D eigenvalue weighted by Crippen LogP contribution is 2.23. The molecule has 0 aliphatic carbocycles. The van der Waals surface area contributed by atoms with Crippen LogP contribution in [0.5, 0.6) is 0 Å². The predicted octanol–water partition coefficient (Wildman–Crippen LogP) is 2.92. The maximum absolute atomic E-state index is 4.26. The van der Waals surface area contributed by atoms with Crippen LogP contribution in [0.1, 0.15) is 0 Å². The molecule has 0 saturated heterocycles. The monoisotopic (exact) mass is 344 g/mol. The Bertz CT molecular complexity index is 456. The Morgan fingerprint density at radius 3 is 2.94 bits per heavy atom. The maximum Gasteiger partial charge on any atom is 0.140 e. The van der Waals surface area contributed by atoms with Crippen LogP contribution in [0.2, 0.25) is 0 Å². The minimum Gasteiger partial charge on any atom is -0.367 e. The van der Waals surface area contributed by atoms with Crippen LogP contribution in [0, 0.1) is 0 Å². The van der Waals surface area contributed by atoms with Crippen LogP contribution in [-0.2, 0) is 6.54 Å². The molecule has 0 fully saturated rings. The van der Waals surface area contributed by atoms with Crippen molar-refractivity contribution < 1.29 is 0 Å². The molecular formula is C10H10Br2N4. The van der Waals surface area contributed by atoms with E-state index in [9.17, 15) is 0 Å². The lowest BCUT2D eigenvalue weighted by Gasteiger charge is -2.07. The van der Waals surface area contributed by atoms with Crippen molar-refractivity contribution in [3.05, 3.63) is 39.7 Å². The molecule has 0 saturated carbocycles. The fraction of sp³-hybridized carbons (Fsp3) is 0.200. The molecule has 2 aromatic heterocycles. The minimum atomic E-state index is 0.787. The molecule has 2 aromatic rings. The SMILES string of the molecule is Brc1cnc(NCCn2cccn2)c(Br)c1. The van der Waals surface area contributed by atoms with Gasteiger partial charge in [-0.3, -0.25) is 4.68 Å². The summed E-state index contributed by atoms with van der Waals surface area (Å²) in [6, 6.07) is 3.87. The average molecular weight is 346 g/mol. The topological polar surface area (TPSA) is 42.7 Å². The van der Waals surface area contributed by atoms with E-state index >= 15 is 0 Å². The summed E-state index contributed by atoms with van der Waals surface area (Å²) in [5.74, 6) is 0.843. The van der Waals surface area contributed by atoms with Gasteiger partial charge in [0, 0.05) is 29.6 Å². The van der Waals surface area contributed by atoms with E-state index < -0.39 is 0 Å². The van der Waals surface area contributed by atoms with E-state index in [2.05, 4.69) is 47.3 Å². The molecule has 0 spiro atoms. The summed E-state index contributed by atoms with van der Waals surface area (Å²) in [6.07, 6.45) is 5.47.